The van der Waals surface area contributed by atoms with Crippen LogP contribution in [-0.4, -0.2) is 42.2 Å². The predicted molar refractivity (Wildman–Crippen MR) is 109 cm³/mol. The van der Waals surface area contributed by atoms with E-state index in [1.807, 2.05) is 32.1 Å². The zero-order valence-corrected chi connectivity index (χ0v) is 16.5. The Morgan fingerprint density at radius 1 is 1.18 bits per heavy atom. The van der Waals surface area contributed by atoms with Crippen LogP contribution >= 0.6 is 0 Å². The van der Waals surface area contributed by atoms with Crippen LogP contribution in [0.5, 0.6) is 0 Å². The fourth-order valence-electron chi connectivity index (χ4n) is 3.44. The first-order valence-corrected chi connectivity index (χ1v) is 9.51. The number of rotatable bonds is 5. The Hall–Kier alpha value is -2.90. The molecule has 8 heteroatoms. The molecule has 1 heterocycles. The van der Waals surface area contributed by atoms with Crippen molar-refractivity contribution in [3.05, 3.63) is 41.8 Å². The number of carbonyl (C=O) groups is 1. The number of urea groups is 1. The second-order valence-corrected chi connectivity index (χ2v) is 7.40. The Kier molecular flexibility index (Phi) is 6.28. The van der Waals surface area contributed by atoms with Gasteiger partial charge in [-0.3, -0.25) is 0 Å². The molecule has 150 valence electrons. The minimum Gasteiger partial charge on any atom is -0.362 e. The molecule has 0 aliphatic heterocycles. The number of amides is 2. The van der Waals surface area contributed by atoms with Crippen LogP contribution < -0.4 is 20.9 Å². The van der Waals surface area contributed by atoms with E-state index in [2.05, 4.69) is 25.9 Å². The molecule has 1 aliphatic rings. The fraction of sp³-hybridized carbons (Fsp3) is 0.450. The summed E-state index contributed by atoms with van der Waals surface area (Å²) in [4.78, 5) is 23.0. The van der Waals surface area contributed by atoms with Crippen LogP contribution in [0.25, 0.3) is 0 Å². The van der Waals surface area contributed by atoms with Crippen molar-refractivity contribution in [3.8, 4) is 0 Å². The lowest BCUT2D eigenvalue weighted by atomic mass is 9.91. The molecule has 1 fully saturated rings. The van der Waals surface area contributed by atoms with Gasteiger partial charge in [0.2, 0.25) is 5.95 Å². The van der Waals surface area contributed by atoms with Gasteiger partial charge in [0, 0.05) is 43.6 Å². The average Bonchev–Trinajstić information content (AvgIpc) is 2.64. The summed E-state index contributed by atoms with van der Waals surface area (Å²) in [6.45, 7) is 1.99. The van der Waals surface area contributed by atoms with E-state index in [0.29, 0.717) is 11.6 Å². The summed E-state index contributed by atoms with van der Waals surface area (Å²) in [6, 6.07) is 5.94. The molecule has 1 aromatic heterocycles. The molecule has 28 heavy (non-hydrogen) atoms. The molecule has 1 aromatic carbocycles. The van der Waals surface area contributed by atoms with Crippen molar-refractivity contribution in [3.63, 3.8) is 0 Å². The first-order valence-electron chi connectivity index (χ1n) is 9.51. The average molecular weight is 386 g/mol. The van der Waals surface area contributed by atoms with Crippen molar-refractivity contribution >= 4 is 23.5 Å². The predicted octanol–water partition coefficient (Wildman–Crippen LogP) is 3.53. The summed E-state index contributed by atoms with van der Waals surface area (Å²) < 4.78 is 13.2. The summed E-state index contributed by atoms with van der Waals surface area (Å²) in [5, 5.41) is 9.04. The van der Waals surface area contributed by atoms with Gasteiger partial charge in [-0.1, -0.05) is 6.07 Å². The number of aromatic nitrogens is 2. The first-order chi connectivity index (χ1) is 13.4. The van der Waals surface area contributed by atoms with Gasteiger partial charge in [-0.2, -0.15) is 4.98 Å². The van der Waals surface area contributed by atoms with Crippen molar-refractivity contribution in [1.29, 1.82) is 0 Å². The standard InChI is InChI=1S/C20H27FN6O/c1-13-12-22-19(26-18(13)27(2)3)23-15-7-9-16(10-8-15)24-20(28)25-17-6-4-5-14(21)11-17/h4-6,11-12,15-16H,7-10H2,1-3H3,(H,22,23,26)(H2,24,25,28)/t15-,16+. The van der Waals surface area contributed by atoms with Gasteiger partial charge in [0.1, 0.15) is 11.6 Å². The van der Waals surface area contributed by atoms with E-state index in [-0.39, 0.29) is 23.9 Å². The highest BCUT2D eigenvalue weighted by molar-refractivity contribution is 5.89. The lowest BCUT2D eigenvalue weighted by Crippen LogP contribution is -2.42. The van der Waals surface area contributed by atoms with Crippen LogP contribution in [0, 0.1) is 12.7 Å². The van der Waals surface area contributed by atoms with Crippen LogP contribution in [0.1, 0.15) is 31.2 Å². The smallest absolute Gasteiger partial charge is 0.319 e. The summed E-state index contributed by atoms with van der Waals surface area (Å²) in [5.41, 5.74) is 1.48. The molecule has 2 amide bonds. The first kappa shape index (κ1) is 19.9. The van der Waals surface area contributed by atoms with E-state index < -0.39 is 0 Å². The summed E-state index contributed by atoms with van der Waals surface area (Å²) in [7, 11) is 3.93. The van der Waals surface area contributed by atoms with E-state index in [1.54, 1.807) is 12.1 Å². The van der Waals surface area contributed by atoms with Gasteiger partial charge in [0.15, 0.2) is 0 Å². The molecule has 0 spiro atoms. The molecular formula is C20H27FN6O. The van der Waals surface area contributed by atoms with E-state index in [1.165, 1.54) is 12.1 Å². The summed E-state index contributed by atoms with van der Waals surface area (Å²) in [5.74, 6) is 1.16. The normalized spacial score (nSPS) is 19.0. The minimum atomic E-state index is -0.375. The van der Waals surface area contributed by atoms with Gasteiger partial charge in [-0.15, -0.1) is 0 Å². The fourth-order valence-corrected chi connectivity index (χ4v) is 3.44. The number of carbonyl (C=O) groups excluding carboxylic acids is 1. The van der Waals surface area contributed by atoms with Crippen LogP contribution in [0.15, 0.2) is 30.5 Å². The quantitative estimate of drug-likeness (QED) is 0.732. The second-order valence-electron chi connectivity index (χ2n) is 7.40. The molecule has 0 atom stereocenters. The SMILES string of the molecule is Cc1cnc(N[C@H]2CC[C@@H](NC(=O)Nc3cccc(F)c3)CC2)nc1N(C)C. The van der Waals surface area contributed by atoms with E-state index in [9.17, 15) is 9.18 Å². The summed E-state index contributed by atoms with van der Waals surface area (Å²) >= 11 is 0. The third-order valence-electron chi connectivity index (χ3n) is 4.85. The van der Waals surface area contributed by atoms with Crippen molar-refractivity contribution in [2.45, 2.75) is 44.7 Å². The zero-order chi connectivity index (χ0) is 20.1. The number of nitrogens with zero attached hydrogens (tertiary/aromatic N) is 3. The lowest BCUT2D eigenvalue weighted by Gasteiger charge is -2.30. The Balaban J connectivity index is 1.47. The van der Waals surface area contributed by atoms with Crippen LogP contribution in [0.3, 0.4) is 0 Å². The molecule has 1 aliphatic carbocycles. The molecule has 1 saturated carbocycles. The zero-order valence-electron chi connectivity index (χ0n) is 16.5. The Morgan fingerprint density at radius 2 is 1.89 bits per heavy atom. The van der Waals surface area contributed by atoms with Gasteiger partial charge in [0.25, 0.3) is 0 Å². The molecule has 0 radical (unpaired) electrons. The highest BCUT2D eigenvalue weighted by Gasteiger charge is 2.23. The number of hydrogen-bond acceptors (Lipinski definition) is 5. The number of nitrogens with one attached hydrogen (secondary N) is 3. The highest BCUT2D eigenvalue weighted by atomic mass is 19.1. The Labute approximate surface area is 164 Å². The van der Waals surface area contributed by atoms with Gasteiger partial charge in [0.05, 0.1) is 0 Å². The van der Waals surface area contributed by atoms with Crippen LogP contribution in [0.2, 0.25) is 0 Å². The molecule has 3 rings (SSSR count). The van der Waals surface area contributed by atoms with Gasteiger partial charge in [-0.25, -0.2) is 14.2 Å². The minimum absolute atomic E-state index is 0.0999. The molecule has 3 N–H and O–H groups in total. The van der Waals surface area contributed by atoms with Gasteiger partial charge < -0.3 is 20.9 Å². The topological polar surface area (TPSA) is 82.2 Å². The molecule has 0 unspecified atom stereocenters. The van der Waals surface area contributed by atoms with Gasteiger partial charge in [-0.05, 0) is 50.8 Å². The third-order valence-corrected chi connectivity index (χ3v) is 4.85. The van der Waals surface area contributed by atoms with E-state index in [0.717, 1.165) is 37.1 Å². The molecule has 7 nitrogen and oxygen atoms in total. The maximum Gasteiger partial charge on any atom is 0.319 e. The maximum atomic E-state index is 13.2. The molecule has 2 aromatic rings. The van der Waals surface area contributed by atoms with Crippen molar-refractivity contribution < 1.29 is 9.18 Å². The van der Waals surface area contributed by atoms with E-state index in [4.69, 9.17) is 0 Å². The second kappa shape index (κ2) is 8.86. The molecular weight excluding hydrogens is 359 g/mol. The van der Waals surface area contributed by atoms with Gasteiger partial charge >= 0.3 is 6.03 Å². The Morgan fingerprint density at radius 3 is 2.57 bits per heavy atom. The van der Waals surface area contributed by atoms with Crippen LogP contribution in [0.4, 0.5) is 26.6 Å². The molecule has 0 bridgehead atoms. The van der Waals surface area contributed by atoms with Crippen molar-refractivity contribution in [1.82, 2.24) is 15.3 Å². The monoisotopic (exact) mass is 386 g/mol. The van der Waals surface area contributed by atoms with Crippen molar-refractivity contribution in [2.75, 3.05) is 29.6 Å². The van der Waals surface area contributed by atoms with Crippen molar-refractivity contribution in [2.24, 2.45) is 0 Å². The lowest BCUT2D eigenvalue weighted by molar-refractivity contribution is 0.243. The maximum absolute atomic E-state index is 13.2. The highest BCUT2D eigenvalue weighted by Crippen LogP contribution is 2.23. The Bertz CT molecular complexity index is 820. The molecule has 0 saturated heterocycles. The van der Waals surface area contributed by atoms with E-state index >= 15 is 0 Å². The number of benzene rings is 1. The largest absolute Gasteiger partial charge is 0.362 e. The third kappa shape index (κ3) is 5.31. The number of anilines is 3. The number of aryl methyl sites for hydroxylation is 1. The summed E-state index contributed by atoms with van der Waals surface area (Å²) in [6.07, 6.45) is 5.38. The number of hydrogen-bond donors (Lipinski definition) is 3. The van der Waals surface area contributed by atoms with Crippen LogP contribution in [-0.2, 0) is 0 Å². The number of halogens is 1.